The highest BCUT2D eigenvalue weighted by Crippen LogP contribution is 2.72. The van der Waals surface area contributed by atoms with E-state index in [0.717, 1.165) is 14.0 Å². The number of esters is 3. The van der Waals surface area contributed by atoms with Gasteiger partial charge in [0.15, 0.2) is 6.29 Å². The zero-order chi connectivity index (χ0) is 33.0. The van der Waals surface area contributed by atoms with Gasteiger partial charge in [-0.1, -0.05) is 18.6 Å². The second-order valence-corrected chi connectivity index (χ2v) is 13.3. The Bertz CT molecular complexity index is 1270. The molecule has 3 aliphatic heterocycles. The molecule has 1 spiro atoms. The number of carbonyl (C=O) groups is 3. The molecule has 2 bridgehead atoms. The summed E-state index contributed by atoms with van der Waals surface area (Å²) in [6, 6.07) is 0. The lowest BCUT2D eigenvalue weighted by atomic mass is 9.37. The SMILES string of the molecule is COC(=O)[C@]12OC[C@@]34[C@@H]1[C@@H](OC(C)=O)C(=O)O[C@@H]3C[C@H]1C(C)=C[C@H](O[C@@H]3O[C@H](CO)[C@@H](O)[C@H](O)[C@H]3O)[C@@H](O)[C@]1(C)[C@H]4[C@@H](O)[C@@H]2O. The van der Waals surface area contributed by atoms with E-state index in [9.17, 15) is 50.1 Å². The third kappa shape index (κ3) is 4.11. The molecule has 16 heteroatoms. The van der Waals surface area contributed by atoms with Crippen molar-refractivity contribution in [2.45, 2.75) is 100 Å². The molecule has 0 aromatic rings. The first kappa shape index (κ1) is 32.7. The van der Waals surface area contributed by atoms with Crippen molar-refractivity contribution in [2.75, 3.05) is 20.3 Å². The summed E-state index contributed by atoms with van der Waals surface area (Å²) in [6.45, 7) is 3.42. The highest BCUT2D eigenvalue weighted by molar-refractivity contribution is 5.87. The van der Waals surface area contributed by atoms with Crippen LogP contribution in [0.1, 0.15) is 27.2 Å². The van der Waals surface area contributed by atoms with Gasteiger partial charge >= 0.3 is 17.9 Å². The van der Waals surface area contributed by atoms with Crippen molar-refractivity contribution in [3.8, 4) is 0 Å². The minimum atomic E-state index is -2.32. The average Bonchev–Trinajstić information content (AvgIpc) is 3.30. The van der Waals surface area contributed by atoms with Crippen LogP contribution in [0, 0.1) is 28.6 Å². The molecule has 6 rings (SSSR count). The molecule has 3 heterocycles. The maximum Gasteiger partial charge on any atom is 0.348 e. The van der Waals surface area contributed by atoms with Gasteiger partial charge in [0.2, 0.25) is 11.7 Å². The van der Waals surface area contributed by atoms with E-state index in [2.05, 4.69) is 0 Å². The smallest absolute Gasteiger partial charge is 0.348 e. The summed E-state index contributed by atoms with van der Waals surface area (Å²) in [7, 11) is 1.05. The first-order chi connectivity index (χ1) is 21.1. The van der Waals surface area contributed by atoms with Crippen molar-refractivity contribution in [3.63, 3.8) is 0 Å². The minimum Gasteiger partial charge on any atom is -0.467 e. The number of rotatable bonds is 5. The number of hydrogen-bond acceptors (Lipinski definition) is 16. The molecule has 6 aliphatic rings. The molecule has 0 amide bonds. The van der Waals surface area contributed by atoms with Gasteiger partial charge < -0.3 is 64.2 Å². The molecular weight excluding hydrogens is 604 g/mol. The van der Waals surface area contributed by atoms with Crippen molar-refractivity contribution in [3.05, 3.63) is 11.6 Å². The average molecular weight is 645 g/mol. The summed E-state index contributed by atoms with van der Waals surface area (Å²) in [5.41, 5.74) is -4.57. The summed E-state index contributed by atoms with van der Waals surface area (Å²) >= 11 is 0. The van der Waals surface area contributed by atoms with Gasteiger partial charge in [0, 0.05) is 23.7 Å². The molecule has 17 atom stereocenters. The topological polar surface area (TPSA) is 248 Å². The Kier molecular flexibility index (Phi) is 7.92. The molecule has 0 aromatic heterocycles. The van der Waals surface area contributed by atoms with Gasteiger partial charge in [-0.15, -0.1) is 0 Å². The number of hydrogen-bond donors (Lipinski definition) is 7. The summed E-state index contributed by atoms with van der Waals surface area (Å²) in [5.74, 6) is -6.04. The van der Waals surface area contributed by atoms with Gasteiger partial charge in [-0.2, -0.15) is 0 Å². The van der Waals surface area contributed by atoms with E-state index >= 15 is 0 Å². The fourth-order valence-corrected chi connectivity index (χ4v) is 9.58. The number of aliphatic hydroxyl groups is 7. The van der Waals surface area contributed by atoms with Crippen molar-refractivity contribution >= 4 is 17.9 Å². The van der Waals surface area contributed by atoms with Crippen molar-refractivity contribution in [1.29, 1.82) is 0 Å². The van der Waals surface area contributed by atoms with Gasteiger partial charge in [-0.05, 0) is 19.3 Å². The monoisotopic (exact) mass is 644 g/mol. The van der Waals surface area contributed by atoms with Crippen LogP contribution in [-0.2, 0) is 42.8 Å². The number of ether oxygens (including phenoxy) is 6. The molecular formula is C29H40O16. The Morgan fingerprint density at radius 3 is 2.33 bits per heavy atom. The zero-order valence-electron chi connectivity index (χ0n) is 25.1. The van der Waals surface area contributed by atoms with E-state index in [4.69, 9.17) is 28.4 Å². The lowest BCUT2D eigenvalue weighted by Crippen LogP contribution is -2.80. The second kappa shape index (κ2) is 10.9. The van der Waals surface area contributed by atoms with Crippen LogP contribution < -0.4 is 0 Å². The lowest BCUT2D eigenvalue weighted by Gasteiger charge is -2.68. The molecule has 0 aromatic carbocycles. The van der Waals surface area contributed by atoms with Crippen LogP contribution >= 0.6 is 0 Å². The van der Waals surface area contributed by atoms with Crippen molar-refractivity contribution in [1.82, 2.24) is 0 Å². The predicted octanol–water partition coefficient (Wildman–Crippen LogP) is -3.73. The molecule has 7 N–H and O–H groups in total. The molecule has 5 fully saturated rings. The van der Waals surface area contributed by atoms with Crippen molar-refractivity contribution in [2.24, 2.45) is 28.6 Å². The summed E-state index contributed by atoms with van der Waals surface area (Å²) < 4.78 is 33.9. The first-order valence-corrected chi connectivity index (χ1v) is 14.9. The molecule has 45 heavy (non-hydrogen) atoms. The highest BCUT2D eigenvalue weighted by Gasteiger charge is 2.85. The zero-order valence-corrected chi connectivity index (χ0v) is 25.1. The third-order valence-electron chi connectivity index (χ3n) is 11.4. The maximum absolute atomic E-state index is 13.4. The molecule has 3 saturated heterocycles. The van der Waals surface area contributed by atoms with Gasteiger partial charge in [0.25, 0.3) is 0 Å². The highest BCUT2D eigenvalue weighted by atomic mass is 16.7. The molecule has 252 valence electrons. The number of fused-ring (bicyclic) bond motifs is 2. The molecule has 16 nitrogen and oxygen atoms in total. The van der Waals surface area contributed by atoms with E-state index in [0.29, 0.717) is 5.57 Å². The minimum absolute atomic E-state index is 0.0949. The summed E-state index contributed by atoms with van der Waals surface area (Å²) in [5, 5.41) is 76.5. The normalized spacial score (nSPS) is 53.4. The molecule has 0 radical (unpaired) electrons. The van der Waals surface area contributed by atoms with Gasteiger partial charge in [-0.3, -0.25) is 4.79 Å². The number of carbonyl (C=O) groups excluding carboxylic acids is 3. The van der Waals surface area contributed by atoms with Crippen LogP contribution in [0.2, 0.25) is 0 Å². The maximum atomic E-state index is 13.4. The van der Waals surface area contributed by atoms with E-state index < -0.39 is 126 Å². The summed E-state index contributed by atoms with van der Waals surface area (Å²) in [4.78, 5) is 39.0. The van der Waals surface area contributed by atoms with E-state index in [1.165, 1.54) is 0 Å². The lowest BCUT2D eigenvalue weighted by molar-refractivity contribution is -0.330. The van der Waals surface area contributed by atoms with E-state index in [-0.39, 0.29) is 13.0 Å². The third-order valence-corrected chi connectivity index (χ3v) is 11.4. The van der Waals surface area contributed by atoms with Crippen molar-refractivity contribution < 1.29 is 78.6 Å². The Balaban J connectivity index is 1.46. The molecule has 3 aliphatic carbocycles. The van der Waals surface area contributed by atoms with Crippen LogP contribution in [-0.4, -0.2) is 147 Å². The van der Waals surface area contributed by atoms with Crippen LogP contribution in [0.4, 0.5) is 0 Å². The van der Waals surface area contributed by atoms with Crippen LogP contribution in [0.5, 0.6) is 0 Å². The Labute approximate surface area is 257 Å². The van der Waals surface area contributed by atoms with E-state index in [1.807, 2.05) is 0 Å². The summed E-state index contributed by atoms with van der Waals surface area (Å²) in [6.07, 6.45) is -15.6. The van der Waals surface area contributed by atoms with Crippen LogP contribution in [0.3, 0.4) is 0 Å². The largest absolute Gasteiger partial charge is 0.467 e. The number of aliphatic hydroxyl groups excluding tert-OH is 7. The molecule has 0 unspecified atom stereocenters. The molecule has 2 saturated carbocycles. The quantitative estimate of drug-likeness (QED) is 0.0863. The van der Waals surface area contributed by atoms with Gasteiger partial charge in [0.1, 0.15) is 42.7 Å². The fraction of sp³-hybridized carbons (Fsp3) is 0.828. The fourth-order valence-electron chi connectivity index (χ4n) is 9.58. The van der Waals surface area contributed by atoms with Crippen LogP contribution in [0.25, 0.3) is 0 Å². The Hall–Kier alpha value is -2.25. The van der Waals surface area contributed by atoms with Gasteiger partial charge in [0.05, 0.1) is 38.4 Å². The predicted molar refractivity (Wildman–Crippen MR) is 142 cm³/mol. The number of methoxy groups -OCH3 is 1. The standard InChI is InChI=1S/C29H40O16/c1-9-5-12(43-25-17(34)16(33)15(32)13(7-30)44-25)22(36)27(3)11(9)6-14-28-8-41-29(26(39)40-4,23(37)18(35)20(27)28)21(28)19(24(38)45-14)42-10(2)31/h5,11-23,25,30,32-37H,6-8H2,1-4H3/t11-,12-,13+,14+,15+,16-,17+,18+,19+,20+,21-,22+,23-,25+,27-,28+,29-/m0/s1. The van der Waals surface area contributed by atoms with E-state index in [1.54, 1.807) is 19.9 Å². The van der Waals surface area contributed by atoms with Gasteiger partial charge in [-0.25, -0.2) is 9.59 Å². The van der Waals surface area contributed by atoms with Crippen LogP contribution in [0.15, 0.2) is 11.6 Å². The Morgan fingerprint density at radius 2 is 1.71 bits per heavy atom. The first-order valence-electron chi connectivity index (χ1n) is 14.9. The number of allylic oxidation sites excluding steroid dienone is 1. The Morgan fingerprint density at radius 1 is 1.02 bits per heavy atom. The second-order valence-electron chi connectivity index (χ2n) is 13.3.